The third kappa shape index (κ3) is 7.63. The summed E-state index contributed by atoms with van der Waals surface area (Å²) in [4.78, 5) is 47.9. The van der Waals surface area contributed by atoms with Crippen molar-refractivity contribution < 1.29 is 48.0 Å². The van der Waals surface area contributed by atoms with Crippen LogP contribution in [0.25, 0.3) is 0 Å². The van der Waals surface area contributed by atoms with Crippen LogP contribution in [0.1, 0.15) is 68.9 Å². The zero-order valence-electron chi connectivity index (χ0n) is 23.3. The fraction of sp³-hybridized carbons (Fsp3) is 0.467. The summed E-state index contributed by atoms with van der Waals surface area (Å²) in [6.07, 6.45) is -3.81. The van der Waals surface area contributed by atoms with Crippen molar-refractivity contribution in [3.8, 4) is 0 Å². The minimum atomic E-state index is -1.26. The van der Waals surface area contributed by atoms with Crippen LogP contribution < -0.4 is 0 Å². The van der Waals surface area contributed by atoms with Crippen LogP contribution in [0, 0.1) is 0 Å². The van der Waals surface area contributed by atoms with Crippen LogP contribution in [0.2, 0.25) is 5.02 Å². The van der Waals surface area contributed by atoms with Gasteiger partial charge in [0.05, 0.1) is 5.60 Å². The van der Waals surface area contributed by atoms with Crippen LogP contribution in [-0.2, 0) is 54.9 Å². The Morgan fingerprint density at radius 2 is 1.44 bits per heavy atom. The van der Waals surface area contributed by atoms with Gasteiger partial charge in [-0.15, -0.1) is 0 Å². The molecule has 10 nitrogen and oxygen atoms in total. The first-order valence-electron chi connectivity index (χ1n) is 13.3. The molecule has 2 aromatic rings. The Kier molecular flexibility index (Phi) is 9.36. The minimum absolute atomic E-state index is 0.312. The fourth-order valence-corrected chi connectivity index (χ4v) is 5.15. The molecule has 0 aromatic heterocycles. The van der Waals surface area contributed by atoms with Crippen LogP contribution >= 0.6 is 11.6 Å². The highest BCUT2D eigenvalue weighted by molar-refractivity contribution is 6.31. The number of ether oxygens (including phenoxy) is 5. The Morgan fingerprint density at radius 3 is 2.00 bits per heavy atom. The highest BCUT2D eigenvalue weighted by atomic mass is 35.5. The summed E-state index contributed by atoms with van der Waals surface area (Å²) in [7, 11) is 0. The maximum atomic E-state index is 12.2. The van der Waals surface area contributed by atoms with E-state index in [1.807, 2.05) is 24.3 Å². The second-order valence-electron chi connectivity index (χ2n) is 10.4. The number of aliphatic hydroxyl groups is 1. The average molecular weight is 589 g/mol. The summed E-state index contributed by atoms with van der Waals surface area (Å²) >= 11 is 6.56. The fourth-order valence-electron chi connectivity index (χ4n) is 4.96. The Balaban J connectivity index is 1.70. The van der Waals surface area contributed by atoms with Crippen molar-refractivity contribution in [3.05, 3.63) is 69.7 Å². The van der Waals surface area contributed by atoms with E-state index in [-0.39, 0.29) is 6.61 Å². The smallest absolute Gasteiger partial charge is 0.303 e. The van der Waals surface area contributed by atoms with Gasteiger partial charge in [0, 0.05) is 32.7 Å². The molecule has 1 aliphatic carbocycles. The van der Waals surface area contributed by atoms with Crippen LogP contribution in [0.5, 0.6) is 0 Å². The zero-order chi connectivity index (χ0) is 29.9. The first-order valence-corrected chi connectivity index (χ1v) is 13.6. The normalized spacial score (nSPS) is 24.6. The van der Waals surface area contributed by atoms with E-state index in [2.05, 4.69) is 0 Å². The number of rotatable bonds is 9. The highest BCUT2D eigenvalue weighted by Gasteiger charge is 2.52. The van der Waals surface area contributed by atoms with Crippen molar-refractivity contribution >= 4 is 35.5 Å². The second kappa shape index (κ2) is 12.6. The molecule has 2 aliphatic rings. The van der Waals surface area contributed by atoms with Crippen LogP contribution in [-0.4, -0.2) is 60.0 Å². The molecule has 2 fully saturated rings. The van der Waals surface area contributed by atoms with E-state index < -0.39 is 60.0 Å². The number of esters is 4. The summed E-state index contributed by atoms with van der Waals surface area (Å²) in [6, 6.07) is 12.8. The summed E-state index contributed by atoms with van der Waals surface area (Å²) in [5.41, 5.74) is 2.39. The monoisotopic (exact) mass is 588 g/mol. The third-order valence-corrected chi connectivity index (χ3v) is 7.37. The quantitative estimate of drug-likeness (QED) is 0.341. The Morgan fingerprint density at radius 1 is 0.854 bits per heavy atom. The third-order valence-electron chi connectivity index (χ3n) is 7.00. The molecular weight excluding hydrogens is 556 g/mol. The minimum Gasteiger partial charge on any atom is -0.463 e. The first kappa shape index (κ1) is 30.5. The maximum Gasteiger partial charge on any atom is 0.303 e. The molecule has 5 atom stereocenters. The lowest BCUT2D eigenvalue weighted by atomic mass is 9.89. The van der Waals surface area contributed by atoms with Gasteiger partial charge in [0.2, 0.25) is 0 Å². The standard InChI is InChI=1S/C30H33ClO10/c1-16(32)37-15-25-27(38-17(2)33)29(40-19(4)35)28(39-18(3)34)26(41-25)21-7-10-24(31)22(14-21)13-20-5-8-23(9-6-20)30(36)11-12-30/h5-10,14,25-29,36H,11-13,15H2,1-4H3. The van der Waals surface area contributed by atoms with Gasteiger partial charge in [-0.05, 0) is 47.6 Å². The predicted molar refractivity (Wildman–Crippen MR) is 145 cm³/mol. The molecule has 11 heteroatoms. The van der Waals surface area contributed by atoms with Crippen LogP contribution in [0.3, 0.4) is 0 Å². The lowest BCUT2D eigenvalue weighted by Gasteiger charge is -2.44. The van der Waals surface area contributed by atoms with Crippen molar-refractivity contribution in [1.82, 2.24) is 0 Å². The van der Waals surface area contributed by atoms with Gasteiger partial charge in [0.15, 0.2) is 18.3 Å². The molecule has 0 radical (unpaired) electrons. The molecule has 0 spiro atoms. The van der Waals surface area contributed by atoms with Gasteiger partial charge in [0.1, 0.15) is 18.8 Å². The van der Waals surface area contributed by atoms with E-state index >= 15 is 0 Å². The van der Waals surface area contributed by atoms with Gasteiger partial charge in [-0.3, -0.25) is 19.2 Å². The average Bonchev–Trinajstić information content (AvgIpc) is 3.64. The van der Waals surface area contributed by atoms with Gasteiger partial charge < -0.3 is 28.8 Å². The number of carbonyl (C=O) groups is 4. The molecule has 220 valence electrons. The Bertz CT molecular complexity index is 1300. The number of benzene rings is 2. The zero-order valence-corrected chi connectivity index (χ0v) is 24.0. The Labute approximate surface area is 242 Å². The molecule has 4 rings (SSSR count). The SMILES string of the molecule is CC(=O)OCC1OC(c2ccc(Cl)c(Cc3ccc(C4(O)CC4)cc3)c2)C(OC(C)=O)C(OC(C)=O)C1OC(C)=O. The maximum absolute atomic E-state index is 12.2. The van der Waals surface area contributed by atoms with E-state index in [0.717, 1.165) is 29.5 Å². The van der Waals surface area contributed by atoms with E-state index in [4.69, 9.17) is 35.3 Å². The van der Waals surface area contributed by atoms with Crippen molar-refractivity contribution in [2.45, 2.75) is 83.1 Å². The van der Waals surface area contributed by atoms with Gasteiger partial charge >= 0.3 is 23.9 Å². The van der Waals surface area contributed by atoms with Crippen LogP contribution in [0.15, 0.2) is 42.5 Å². The molecule has 1 N–H and O–H groups in total. The lowest BCUT2D eigenvalue weighted by Crippen LogP contribution is -2.59. The number of carbonyl (C=O) groups excluding carboxylic acids is 4. The van der Waals surface area contributed by atoms with Crippen molar-refractivity contribution in [1.29, 1.82) is 0 Å². The van der Waals surface area contributed by atoms with Gasteiger partial charge in [-0.1, -0.05) is 48.0 Å². The lowest BCUT2D eigenvalue weighted by molar-refractivity contribution is -0.254. The molecule has 0 bridgehead atoms. The van der Waals surface area contributed by atoms with Gasteiger partial charge in [-0.25, -0.2) is 0 Å². The summed E-state index contributed by atoms with van der Waals surface area (Å²) in [5.74, 6) is -2.66. The molecule has 1 saturated heterocycles. The molecular formula is C30H33ClO10. The summed E-state index contributed by atoms with van der Waals surface area (Å²) < 4.78 is 28.0. The van der Waals surface area contributed by atoms with Crippen molar-refractivity contribution in [3.63, 3.8) is 0 Å². The predicted octanol–water partition coefficient (Wildman–Crippen LogP) is 3.71. The van der Waals surface area contributed by atoms with Crippen molar-refractivity contribution in [2.75, 3.05) is 6.61 Å². The molecule has 5 unspecified atom stereocenters. The van der Waals surface area contributed by atoms with Crippen LogP contribution in [0.4, 0.5) is 0 Å². The second-order valence-corrected chi connectivity index (χ2v) is 10.8. The topological polar surface area (TPSA) is 135 Å². The number of hydrogen-bond donors (Lipinski definition) is 1. The Hall–Kier alpha value is -3.47. The van der Waals surface area contributed by atoms with E-state index in [9.17, 15) is 24.3 Å². The summed E-state index contributed by atoms with van der Waals surface area (Å²) in [5, 5.41) is 10.9. The summed E-state index contributed by atoms with van der Waals surface area (Å²) in [6.45, 7) is 4.45. The van der Waals surface area contributed by atoms with Gasteiger partial charge in [0.25, 0.3) is 0 Å². The molecule has 1 aliphatic heterocycles. The van der Waals surface area contributed by atoms with E-state index in [1.165, 1.54) is 27.7 Å². The number of halogens is 1. The molecule has 2 aromatic carbocycles. The van der Waals surface area contributed by atoms with Crippen molar-refractivity contribution in [2.24, 2.45) is 0 Å². The molecule has 41 heavy (non-hydrogen) atoms. The van der Waals surface area contributed by atoms with Gasteiger partial charge in [-0.2, -0.15) is 0 Å². The molecule has 1 heterocycles. The van der Waals surface area contributed by atoms with E-state index in [1.54, 1.807) is 18.2 Å². The first-order chi connectivity index (χ1) is 19.4. The molecule has 1 saturated carbocycles. The van der Waals surface area contributed by atoms with E-state index in [0.29, 0.717) is 17.0 Å². The molecule has 0 amide bonds. The largest absolute Gasteiger partial charge is 0.463 e. The number of hydrogen-bond acceptors (Lipinski definition) is 10. The highest BCUT2D eigenvalue weighted by Crippen LogP contribution is 2.45.